The molecule has 0 saturated heterocycles. The number of aromatic nitrogens is 3. The standard InChI is InChI=1S/C29H25N5O5S/c1-37-21-11-8-19(9-12-21)16-33(27(35)17-34-23-6-3-2-5-22(23)31-32-34)28(26-7-4-14-40-26)29(36)30-20-10-13-24-25(15-20)39-18-38-24/h2-15,28H,16-18H2,1H3,(H,30,36)/t28-/m1/s1. The summed E-state index contributed by atoms with van der Waals surface area (Å²) in [4.78, 5) is 30.3. The largest absolute Gasteiger partial charge is 0.497 e. The van der Waals surface area contributed by atoms with Crippen molar-refractivity contribution in [2.75, 3.05) is 19.2 Å². The van der Waals surface area contributed by atoms with Crippen molar-refractivity contribution in [3.05, 3.63) is 94.7 Å². The zero-order valence-electron chi connectivity index (χ0n) is 21.5. The van der Waals surface area contributed by atoms with Crippen molar-refractivity contribution < 1.29 is 23.8 Å². The second-order valence-corrected chi connectivity index (χ2v) is 10.1. The molecule has 5 aromatic rings. The molecule has 1 aliphatic rings. The SMILES string of the molecule is COc1ccc(CN(C(=O)Cn2nnc3ccccc32)[C@@H](C(=O)Nc2ccc3c(c2)OCO3)c2cccs2)cc1. The van der Waals surface area contributed by atoms with Crippen molar-refractivity contribution in [3.63, 3.8) is 0 Å². The van der Waals surface area contributed by atoms with Crippen LogP contribution < -0.4 is 19.5 Å². The predicted octanol–water partition coefficient (Wildman–Crippen LogP) is 4.64. The minimum atomic E-state index is -0.908. The van der Waals surface area contributed by atoms with E-state index in [1.165, 1.54) is 11.3 Å². The van der Waals surface area contributed by atoms with Crippen LogP contribution in [0, 0.1) is 0 Å². The number of amides is 2. The number of ether oxygens (including phenoxy) is 3. The Morgan fingerprint density at radius 1 is 1.05 bits per heavy atom. The first-order valence-electron chi connectivity index (χ1n) is 12.5. The second kappa shape index (κ2) is 11.1. The van der Waals surface area contributed by atoms with Gasteiger partial charge < -0.3 is 24.4 Å². The minimum Gasteiger partial charge on any atom is -0.497 e. The van der Waals surface area contributed by atoms with Crippen LogP contribution in [0.1, 0.15) is 16.5 Å². The number of fused-ring (bicyclic) bond motifs is 2. The highest BCUT2D eigenvalue weighted by Gasteiger charge is 2.33. The zero-order chi connectivity index (χ0) is 27.5. The number of nitrogens with one attached hydrogen (secondary N) is 1. The van der Waals surface area contributed by atoms with Crippen molar-refractivity contribution >= 4 is 39.9 Å². The number of thiophene rings is 1. The summed E-state index contributed by atoms with van der Waals surface area (Å²) >= 11 is 1.41. The monoisotopic (exact) mass is 555 g/mol. The van der Waals surface area contributed by atoms with Gasteiger partial charge in [-0.3, -0.25) is 9.59 Å². The summed E-state index contributed by atoms with van der Waals surface area (Å²) in [7, 11) is 1.60. The molecular formula is C29H25N5O5S. The third-order valence-corrected chi connectivity index (χ3v) is 7.48. The van der Waals surface area contributed by atoms with E-state index in [4.69, 9.17) is 14.2 Å². The van der Waals surface area contributed by atoms with Gasteiger partial charge in [0.25, 0.3) is 5.91 Å². The van der Waals surface area contributed by atoms with Crippen LogP contribution in [0.5, 0.6) is 17.2 Å². The number of methoxy groups -OCH3 is 1. The van der Waals surface area contributed by atoms with E-state index in [0.717, 1.165) is 16.0 Å². The van der Waals surface area contributed by atoms with Crippen LogP contribution in [0.3, 0.4) is 0 Å². The Kier molecular flexibility index (Phi) is 7.02. The summed E-state index contributed by atoms with van der Waals surface area (Å²) in [6.45, 7) is 0.230. The molecule has 202 valence electrons. The Morgan fingerprint density at radius 3 is 2.67 bits per heavy atom. The molecule has 3 aromatic carbocycles. The second-order valence-electron chi connectivity index (χ2n) is 9.08. The highest BCUT2D eigenvalue weighted by atomic mass is 32.1. The van der Waals surface area contributed by atoms with Crippen molar-refractivity contribution in [1.29, 1.82) is 0 Å². The predicted molar refractivity (Wildman–Crippen MR) is 149 cm³/mol. The van der Waals surface area contributed by atoms with Crippen LogP contribution in [0.15, 0.2) is 84.2 Å². The number of rotatable bonds is 9. The van der Waals surface area contributed by atoms with Crippen molar-refractivity contribution in [2.24, 2.45) is 0 Å². The van der Waals surface area contributed by atoms with E-state index < -0.39 is 6.04 Å². The van der Waals surface area contributed by atoms with Gasteiger partial charge in [-0.25, -0.2) is 4.68 Å². The lowest BCUT2D eigenvalue weighted by Gasteiger charge is -2.31. The summed E-state index contributed by atoms with van der Waals surface area (Å²) < 4.78 is 17.7. The number of hydrogen-bond donors (Lipinski definition) is 1. The summed E-state index contributed by atoms with van der Waals surface area (Å²) in [5.41, 5.74) is 2.80. The lowest BCUT2D eigenvalue weighted by Crippen LogP contribution is -2.42. The average Bonchev–Trinajstić information content (AvgIpc) is 3.75. The summed E-state index contributed by atoms with van der Waals surface area (Å²) in [5.74, 6) is 1.22. The Balaban J connectivity index is 1.35. The lowest BCUT2D eigenvalue weighted by molar-refractivity contribution is -0.140. The first kappa shape index (κ1) is 25.4. The molecule has 0 saturated carbocycles. The van der Waals surface area contributed by atoms with Crippen molar-refractivity contribution in [2.45, 2.75) is 19.1 Å². The Labute approximate surface area is 233 Å². The fourth-order valence-corrected chi connectivity index (χ4v) is 5.39. The molecule has 0 radical (unpaired) electrons. The highest BCUT2D eigenvalue weighted by Crippen LogP contribution is 2.35. The smallest absolute Gasteiger partial charge is 0.252 e. The van der Waals surface area contributed by atoms with Crippen LogP contribution in [0.25, 0.3) is 11.0 Å². The fraction of sp³-hybridized carbons (Fsp3) is 0.172. The molecule has 3 heterocycles. The molecular weight excluding hydrogens is 530 g/mol. The van der Waals surface area contributed by atoms with E-state index in [1.54, 1.807) is 34.9 Å². The average molecular weight is 556 g/mol. The third-order valence-electron chi connectivity index (χ3n) is 6.55. The van der Waals surface area contributed by atoms with E-state index in [0.29, 0.717) is 28.5 Å². The molecule has 2 amide bonds. The molecule has 11 heteroatoms. The van der Waals surface area contributed by atoms with Gasteiger partial charge in [0.15, 0.2) is 11.5 Å². The first-order valence-corrected chi connectivity index (χ1v) is 13.4. The van der Waals surface area contributed by atoms with E-state index in [9.17, 15) is 9.59 Å². The Bertz CT molecular complexity index is 1650. The normalized spacial score (nSPS) is 12.7. The van der Waals surface area contributed by atoms with Gasteiger partial charge in [0.2, 0.25) is 12.7 Å². The maximum Gasteiger partial charge on any atom is 0.252 e. The number of carbonyl (C=O) groups is 2. The van der Waals surface area contributed by atoms with E-state index in [2.05, 4.69) is 15.6 Å². The summed E-state index contributed by atoms with van der Waals surface area (Å²) in [6, 6.07) is 22.9. The van der Waals surface area contributed by atoms with E-state index in [-0.39, 0.29) is 31.7 Å². The van der Waals surface area contributed by atoms with Gasteiger partial charge in [-0.05, 0) is 53.4 Å². The Hall–Kier alpha value is -4.90. The number of benzene rings is 3. The molecule has 0 aliphatic carbocycles. The maximum atomic E-state index is 14.0. The van der Waals surface area contributed by atoms with Crippen LogP contribution in [0.4, 0.5) is 5.69 Å². The molecule has 10 nitrogen and oxygen atoms in total. The van der Waals surface area contributed by atoms with Crippen molar-refractivity contribution in [1.82, 2.24) is 19.9 Å². The lowest BCUT2D eigenvalue weighted by atomic mass is 10.1. The fourth-order valence-electron chi connectivity index (χ4n) is 4.56. The van der Waals surface area contributed by atoms with Gasteiger partial charge in [-0.2, -0.15) is 0 Å². The number of anilines is 1. The molecule has 6 rings (SSSR count). The first-order chi connectivity index (χ1) is 19.6. The van der Waals surface area contributed by atoms with Gasteiger partial charge >= 0.3 is 0 Å². The van der Waals surface area contributed by atoms with Gasteiger partial charge in [0.05, 0.1) is 12.6 Å². The zero-order valence-corrected chi connectivity index (χ0v) is 22.3. The molecule has 1 N–H and O–H groups in total. The number of hydrogen-bond acceptors (Lipinski definition) is 8. The molecule has 0 unspecified atom stereocenters. The Morgan fingerprint density at radius 2 is 1.88 bits per heavy atom. The van der Waals surface area contributed by atoms with Gasteiger partial charge in [0, 0.05) is 23.2 Å². The van der Waals surface area contributed by atoms with E-state index in [1.807, 2.05) is 66.0 Å². The van der Waals surface area contributed by atoms with Gasteiger partial charge in [-0.1, -0.05) is 35.5 Å². The molecule has 40 heavy (non-hydrogen) atoms. The number of carbonyl (C=O) groups excluding carboxylic acids is 2. The number of nitrogens with zero attached hydrogens (tertiary/aromatic N) is 4. The minimum absolute atomic E-state index is 0.0875. The summed E-state index contributed by atoms with van der Waals surface area (Å²) in [6.07, 6.45) is 0. The quantitative estimate of drug-likeness (QED) is 0.282. The van der Waals surface area contributed by atoms with Crippen LogP contribution in [-0.4, -0.2) is 45.6 Å². The maximum absolute atomic E-state index is 14.0. The van der Waals surface area contributed by atoms with E-state index >= 15 is 0 Å². The number of para-hydroxylation sites is 1. The molecule has 0 fully saturated rings. The molecule has 1 aliphatic heterocycles. The highest BCUT2D eigenvalue weighted by molar-refractivity contribution is 7.10. The van der Waals surface area contributed by atoms with Gasteiger partial charge in [-0.15, -0.1) is 16.4 Å². The van der Waals surface area contributed by atoms with Crippen LogP contribution in [-0.2, 0) is 22.7 Å². The molecule has 0 spiro atoms. The third kappa shape index (κ3) is 5.19. The summed E-state index contributed by atoms with van der Waals surface area (Å²) in [5, 5.41) is 13.2. The molecule has 2 aromatic heterocycles. The molecule has 1 atom stereocenters. The van der Waals surface area contributed by atoms with Crippen LogP contribution >= 0.6 is 11.3 Å². The van der Waals surface area contributed by atoms with Crippen LogP contribution in [0.2, 0.25) is 0 Å². The molecule has 0 bridgehead atoms. The topological polar surface area (TPSA) is 108 Å². The van der Waals surface area contributed by atoms with Crippen molar-refractivity contribution in [3.8, 4) is 17.2 Å². The van der Waals surface area contributed by atoms with Gasteiger partial charge in [0.1, 0.15) is 23.9 Å².